The second-order valence-corrected chi connectivity index (χ2v) is 10.2. The van der Waals surface area contributed by atoms with E-state index in [0.29, 0.717) is 16.8 Å². The summed E-state index contributed by atoms with van der Waals surface area (Å²) in [5.74, 6) is -3.31. The molecule has 1 aromatic heterocycles. The zero-order valence-corrected chi connectivity index (χ0v) is 25.4. The second kappa shape index (κ2) is 14.3. The number of carbonyl (C=O) groups is 4. The first kappa shape index (κ1) is 33.3. The van der Waals surface area contributed by atoms with Crippen LogP contribution < -0.4 is 9.47 Å². The number of hydrogen-bond acceptors (Lipinski definition) is 12. The Morgan fingerprint density at radius 3 is 2.09 bits per heavy atom. The highest BCUT2D eigenvalue weighted by molar-refractivity contribution is 5.68. The van der Waals surface area contributed by atoms with Gasteiger partial charge in [0, 0.05) is 51.4 Å². The Kier molecular flexibility index (Phi) is 11.1. The van der Waals surface area contributed by atoms with Crippen LogP contribution in [0.1, 0.15) is 64.4 Å². The van der Waals surface area contributed by atoms with E-state index in [9.17, 15) is 23.6 Å². The number of halogens is 1. The van der Waals surface area contributed by atoms with Gasteiger partial charge in [0.2, 0.25) is 18.3 Å². The van der Waals surface area contributed by atoms with Gasteiger partial charge in [0.1, 0.15) is 12.7 Å². The highest BCUT2D eigenvalue weighted by atomic mass is 19.1. The largest absolute Gasteiger partial charge is 0.494 e. The van der Waals surface area contributed by atoms with Crippen LogP contribution in [-0.4, -0.2) is 78.1 Å². The van der Waals surface area contributed by atoms with E-state index >= 15 is 0 Å². The Morgan fingerprint density at radius 2 is 1.56 bits per heavy atom. The van der Waals surface area contributed by atoms with E-state index in [4.69, 9.17) is 33.2 Å². The van der Waals surface area contributed by atoms with Crippen molar-refractivity contribution in [2.24, 2.45) is 0 Å². The lowest BCUT2D eigenvalue weighted by Crippen LogP contribution is -2.63. The van der Waals surface area contributed by atoms with Crippen LogP contribution in [0.2, 0.25) is 0 Å². The number of benzene rings is 1. The van der Waals surface area contributed by atoms with Gasteiger partial charge in [-0.1, -0.05) is 6.07 Å². The van der Waals surface area contributed by atoms with Crippen molar-refractivity contribution >= 4 is 23.9 Å². The molecule has 1 aliphatic rings. The maximum absolute atomic E-state index is 14.5. The van der Waals surface area contributed by atoms with E-state index in [0.717, 1.165) is 20.8 Å². The minimum Gasteiger partial charge on any atom is -0.494 e. The van der Waals surface area contributed by atoms with Gasteiger partial charge in [-0.05, 0) is 38.5 Å². The van der Waals surface area contributed by atoms with Gasteiger partial charge in [0.05, 0.1) is 7.11 Å². The predicted octanol–water partition coefficient (Wildman–Crippen LogP) is 2.97. The number of nitrogens with zero attached hydrogens (tertiary/aromatic N) is 2. The number of hydrogen-bond donors (Lipinski definition) is 0. The van der Waals surface area contributed by atoms with Crippen LogP contribution in [0.5, 0.6) is 11.6 Å². The molecule has 1 fully saturated rings. The summed E-state index contributed by atoms with van der Waals surface area (Å²) in [6.45, 7) is 9.81. The molecule has 0 unspecified atom stereocenters. The summed E-state index contributed by atoms with van der Waals surface area (Å²) in [7, 11) is 1.37. The van der Waals surface area contributed by atoms with Crippen molar-refractivity contribution in [1.29, 1.82) is 0 Å². The maximum Gasteiger partial charge on any atom is 0.303 e. The van der Waals surface area contributed by atoms with Gasteiger partial charge in [0.15, 0.2) is 23.8 Å². The first-order chi connectivity index (χ1) is 20.2. The van der Waals surface area contributed by atoms with Gasteiger partial charge in [-0.15, -0.1) is 5.10 Å². The molecular weight excluding hydrogens is 571 g/mol. The molecular formula is C29H37FN2O11. The Hall–Kier alpha value is -4.20. The second-order valence-electron chi connectivity index (χ2n) is 10.2. The lowest BCUT2D eigenvalue weighted by molar-refractivity contribution is -0.289. The molecule has 2 heterocycles. The van der Waals surface area contributed by atoms with E-state index in [2.05, 4.69) is 5.10 Å². The van der Waals surface area contributed by atoms with E-state index in [1.165, 1.54) is 26.2 Å². The zero-order valence-electron chi connectivity index (χ0n) is 25.4. The molecule has 5 atom stereocenters. The Balaban J connectivity index is 2.09. The van der Waals surface area contributed by atoms with Crippen molar-refractivity contribution in [1.82, 2.24) is 9.78 Å². The van der Waals surface area contributed by atoms with Crippen molar-refractivity contribution in [3.05, 3.63) is 40.8 Å². The number of esters is 4. The molecule has 1 aliphatic heterocycles. The highest BCUT2D eigenvalue weighted by Crippen LogP contribution is 2.34. The summed E-state index contributed by atoms with van der Waals surface area (Å²) in [6.07, 6.45) is -6.64. The third kappa shape index (κ3) is 8.43. The molecule has 0 aliphatic carbocycles. The summed E-state index contributed by atoms with van der Waals surface area (Å²) in [5.41, 5.74) is 1.88. The molecule has 3 rings (SSSR count). The van der Waals surface area contributed by atoms with Gasteiger partial charge in [-0.25, -0.2) is 4.39 Å². The smallest absolute Gasteiger partial charge is 0.303 e. The number of ether oxygens (including phenoxy) is 7. The molecule has 0 radical (unpaired) electrons. The number of aromatic nitrogens is 2. The van der Waals surface area contributed by atoms with Crippen LogP contribution in [0.15, 0.2) is 18.2 Å². The molecule has 236 valence electrons. The van der Waals surface area contributed by atoms with Gasteiger partial charge in [-0.3, -0.25) is 23.9 Å². The third-order valence-electron chi connectivity index (χ3n) is 6.50. The third-order valence-corrected chi connectivity index (χ3v) is 6.50. The van der Waals surface area contributed by atoms with Crippen molar-refractivity contribution < 1.29 is 56.7 Å². The molecule has 0 spiro atoms. The first-order valence-electron chi connectivity index (χ1n) is 13.6. The summed E-state index contributed by atoms with van der Waals surface area (Å²) in [4.78, 5) is 48.0. The molecule has 0 amide bonds. The zero-order chi connectivity index (χ0) is 32.0. The molecule has 0 N–H and O–H groups in total. The van der Waals surface area contributed by atoms with E-state index in [-0.39, 0.29) is 24.1 Å². The van der Waals surface area contributed by atoms with E-state index < -0.39 is 67.0 Å². The fourth-order valence-corrected chi connectivity index (χ4v) is 4.74. The molecule has 2 aromatic rings. The van der Waals surface area contributed by atoms with Crippen LogP contribution in [0.4, 0.5) is 4.39 Å². The maximum atomic E-state index is 14.5. The Morgan fingerprint density at radius 1 is 0.953 bits per heavy atom. The molecule has 0 bridgehead atoms. The fourth-order valence-electron chi connectivity index (χ4n) is 4.74. The standard InChI is InChI=1S/C29H37FN2O11/c1-14(2)32-15(3)21(11-20-9-10-23(37-8)22(30)12-20)28(31-32)43-29-27(41-19(7)36)26(40-18(6)35)25(39-17(5)34)24(42-29)13-38-16(4)33/h9-10,12,14,24-27,29H,11,13H2,1-8H3/t24-,25-,26+,27-,29+/m1/s1. The van der Waals surface area contributed by atoms with Crippen LogP contribution >= 0.6 is 0 Å². The molecule has 1 saturated heterocycles. The SMILES string of the molecule is COc1ccc(Cc2c(O[C@@H]3O[C@H](COC(C)=O)[C@@H](OC(C)=O)[C@H](OC(C)=O)[C@H]3OC(C)=O)nn(C(C)C)c2C)cc1F. The number of methoxy groups -OCH3 is 1. The fraction of sp³-hybridized carbons (Fsp3) is 0.552. The van der Waals surface area contributed by atoms with Gasteiger partial charge < -0.3 is 33.2 Å². The van der Waals surface area contributed by atoms with E-state index in [1.807, 2.05) is 20.8 Å². The summed E-state index contributed by atoms with van der Waals surface area (Å²) in [6, 6.07) is 4.45. The minimum atomic E-state index is -1.47. The molecule has 14 heteroatoms. The van der Waals surface area contributed by atoms with Gasteiger partial charge >= 0.3 is 23.9 Å². The van der Waals surface area contributed by atoms with Gasteiger partial charge in [0.25, 0.3) is 0 Å². The predicted molar refractivity (Wildman–Crippen MR) is 146 cm³/mol. The topological polar surface area (TPSA) is 151 Å². The summed E-state index contributed by atoms with van der Waals surface area (Å²) in [5, 5.41) is 4.60. The Labute approximate surface area is 248 Å². The summed E-state index contributed by atoms with van der Waals surface area (Å²) < 4.78 is 55.1. The molecule has 0 saturated carbocycles. The van der Waals surface area contributed by atoms with Gasteiger partial charge in [-0.2, -0.15) is 0 Å². The minimum absolute atomic E-state index is 0.0725. The normalized spacial score (nSPS) is 21.6. The van der Waals surface area contributed by atoms with Crippen molar-refractivity contribution in [2.75, 3.05) is 13.7 Å². The van der Waals surface area contributed by atoms with Crippen LogP contribution in [0, 0.1) is 12.7 Å². The quantitative estimate of drug-likeness (QED) is 0.272. The van der Waals surface area contributed by atoms with Crippen LogP contribution in [0.25, 0.3) is 0 Å². The number of rotatable bonds is 11. The van der Waals surface area contributed by atoms with E-state index in [1.54, 1.807) is 10.7 Å². The summed E-state index contributed by atoms with van der Waals surface area (Å²) >= 11 is 0. The van der Waals surface area contributed by atoms with Crippen LogP contribution in [-0.2, 0) is 49.3 Å². The first-order valence-corrected chi connectivity index (χ1v) is 13.6. The lowest BCUT2D eigenvalue weighted by Gasteiger charge is -2.43. The van der Waals surface area contributed by atoms with Crippen molar-refractivity contribution in [3.8, 4) is 11.6 Å². The van der Waals surface area contributed by atoms with Crippen molar-refractivity contribution in [2.45, 2.75) is 91.6 Å². The average Bonchev–Trinajstić information content (AvgIpc) is 3.20. The number of carbonyl (C=O) groups excluding carboxylic acids is 4. The van der Waals surface area contributed by atoms with Crippen molar-refractivity contribution in [3.63, 3.8) is 0 Å². The lowest BCUT2D eigenvalue weighted by atomic mass is 9.98. The Bertz CT molecular complexity index is 1340. The molecule has 1 aromatic carbocycles. The highest BCUT2D eigenvalue weighted by Gasteiger charge is 2.53. The average molecular weight is 609 g/mol. The van der Waals surface area contributed by atoms with Crippen LogP contribution in [0.3, 0.4) is 0 Å². The monoisotopic (exact) mass is 608 g/mol. The molecule has 43 heavy (non-hydrogen) atoms. The molecule has 13 nitrogen and oxygen atoms in total.